The van der Waals surface area contributed by atoms with E-state index >= 15 is 0 Å². The Morgan fingerprint density at radius 3 is 2.35 bits per heavy atom. The van der Waals surface area contributed by atoms with Gasteiger partial charge in [0.05, 0.1) is 25.6 Å². The number of rotatable bonds is 6. The normalized spacial score (nSPS) is 11.4. The number of aryl methyl sites for hydroxylation is 1. The lowest BCUT2D eigenvalue weighted by molar-refractivity contribution is 0.0688. The fraction of sp³-hybridized carbons (Fsp3) is 0.174. The van der Waals surface area contributed by atoms with Crippen molar-refractivity contribution >= 4 is 52.3 Å². The summed E-state index contributed by atoms with van der Waals surface area (Å²) in [6.45, 7) is 5.64. The van der Waals surface area contributed by atoms with Gasteiger partial charge in [-0.2, -0.15) is 9.78 Å². The lowest BCUT2D eigenvalue weighted by Crippen LogP contribution is -2.09. The van der Waals surface area contributed by atoms with Crippen LogP contribution in [0.2, 0.25) is 10.0 Å². The third-order valence-corrected chi connectivity index (χ3v) is 7.70. The van der Waals surface area contributed by atoms with Gasteiger partial charge in [-0.15, -0.1) is 11.8 Å². The maximum atomic E-state index is 13.9. The van der Waals surface area contributed by atoms with Gasteiger partial charge in [0.1, 0.15) is 11.6 Å². The molecule has 0 saturated carbocycles. The number of carboxylic acid groups (broad SMARTS) is 1. The fourth-order valence-corrected chi connectivity index (χ4v) is 6.19. The first kappa shape index (κ1) is 24.7. The van der Waals surface area contributed by atoms with E-state index in [9.17, 15) is 18.7 Å². The summed E-state index contributed by atoms with van der Waals surface area (Å²) in [7, 11) is 0. The van der Waals surface area contributed by atoms with E-state index in [4.69, 9.17) is 23.2 Å². The number of aromatic carboxylic acids is 1. The Kier molecular flexibility index (Phi) is 7.00. The van der Waals surface area contributed by atoms with Crippen LogP contribution in [0.1, 0.15) is 30.0 Å². The van der Waals surface area contributed by atoms with Crippen LogP contribution in [0.5, 0.6) is 0 Å². The van der Waals surface area contributed by atoms with Crippen molar-refractivity contribution in [2.24, 2.45) is 0 Å². The lowest BCUT2D eigenvalue weighted by atomic mass is 10.0. The molecule has 1 N–H and O–H groups in total. The molecule has 0 unspecified atom stereocenters. The first-order valence-electron chi connectivity index (χ1n) is 9.97. The highest BCUT2D eigenvalue weighted by Gasteiger charge is 2.27. The zero-order chi connectivity index (χ0) is 24.7. The van der Waals surface area contributed by atoms with Crippen LogP contribution in [0, 0.1) is 18.6 Å². The molecule has 0 aliphatic carbocycles. The third kappa shape index (κ3) is 4.84. The predicted octanol–water partition coefficient (Wildman–Crippen LogP) is 7.75. The molecule has 4 aromatic rings. The summed E-state index contributed by atoms with van der Waals surface area (Å²) in [5, 5.41) is 15.7. The summed E-state index contributed by atoms with van der Waals surface area (Å²) >= 11 is 15.1. The second kappa shape index (κ2) is 9.65. The van der Waals surface area contributed by atoms with Crippen molar-refractivity contribution < 1.29 is 18.7 Å². The van der Waals surface area contributed by atoms with Crippen LogP contribution in [0.4, 0.5) is 8.78 Å². The van der Waals surface area contributed by atoms with Crippen molar-refractivity contribution in [1.29, 1.82) is 0 Å². The van der Waals surface area contributed by atoms with E-state index in [0.717, 1.165) is 22.4 Å². The van der Waals surface area contributed by atoms with Crippen molar-refractivity contribution in [3.63, 3.8) is 0 Å². The molecule has 2 aromatic heterocycles. The maximum absolute atomic E-state index is 13.9. The SMILES string of the molecule is Cc1nn(-c2nc(-c3ccc(Cl)c(Cl)c3)c(SC(C)C)s2)c(C(=O)O)c1-c1cc(F)cc(F)c1. The van der Waals surface area contributed by atoms with E-state index in [1.54, 1.807) is 36.9 Å². The highest BCUT2D eigenvalue weighted by molar-refractivity contribution is 8.01. The van der Waals surface area contributed by atoms with Gasteiger partial charge in [0.15, 0.2) is 5.69 Å². The molecule has 34 heavy (non-hydrogen) atoms. The van der Waals surface area contributed by atoms with Gasteiger partial charge in [-0.1, -0.05) is 54.5 Å². The number of carbonyl (C=O) groups is 1. The van der Waals surface area contributed by atoms with E-state index in [1.165, 1.54) is 16.0 Å². The molecule has 11 heteroatoms. The summed E-state index contributed by atoms with van der Waals surface area (Å²) in [5.41, 5.74) is 1.59. The zero-order valence-electron chi connectivity index (χ0n) is 18.1. The van der Waals surface area contributed by atoms with E-state index in [0.29, 0.717) is 32.1 Å². The molecule has 0 aliphatic rings. The van der Waals surface area contributed by atoms with Crippen molar-refractivity contribution in [1.82, 2.24) is 14.8 Å². The van der Waals surface area contributed by atoms with Gasteiger partial charge in [-0.05, 0) is 36.8 Å². The van der Waals surface area contributed by atoms with E-state index in [1.807, 2.05) is 13.8 Å². The molecule has 0 radical (unpaired) electrons. The van der Waals surface area contributed by atoms with Crippen LogP contribution in [0.25, 0.3) is 27.5 Å². The molecule has 176 valence electrons. The smallest absolute Gasteiger partial charge is 0.355 e. The van der Waals surface area contributed by atoms with Crippen LogP contribution in [-0.2, 0) is 0 Å². The van der Waals surface area contributed by atoms with Crippen molar-refractivity contribution in [2.75, 3.05) is 0 Å². The Bertz CT molecular complexity index is 1400. The Balaban J connectivity index is 1.93. The van der Waals surface area contributed by atoms with Crippen LogP contribution < -0.4 is 0 Å². The molecule has 2 aromatic carbocycles. The molecule has 0 atom stereocenters. The van der Waals surface area contributed by atoms with E-state index in [2.05, 4.69) is 10.1 Å². The molecule has 5 nitrogen and oxygen atoms in total. The van der Waals surface area contributed by atoms with E-state index < -0.39 is 17.6 Å². The fourth-order valence-electron chi connectivity index (χ4n) is 3.41. The van der Waals surface area contributed by atoms with Gasteiger partial charge in [0.2, 0.25) is 5.13 Å². The minimum Gasteiger partial charge on any atom is -0.476 e. The average Bonchev–Trinajstić information content (AvgIpc) is 3.30. The monoisotopic (exact) mass is 539 g/mol. The number of carboxylic acids is 1. The lowest BCUT2D eigenvalue weighted by Gasteiger charge is -2.05. The van der Waals surface area contributed by atoms with Gasteiger partial charge < -0.3 is 5.11 Å². The molecule has 4 rings (SSSR count). The number of benzene rings is 2. The Morgan fingerprint density at radius 1 is 1.09 bits per heavy atom. The van der Waals surface area contributed by atoms with E-state index in [-0.39, 0.29) is 22.1 Å². The molecular formula is C23H17Cl2F2N3O2S2. The number of thioether (sulfide) groups is 1. The first-order chi connectivity index (χ1) is 16.0. The summed E-state index contributed by atoms with van der Waals surface area (Å²) in [6.07, 6.45) is 0. The summed E-state index contributed by atoms with van der Waals surface area (Å²) in [6, 6.07) is 8.02. The summed E-state index contributed by atoms with van der Waals surface area (Å²) in [5.74, 6) is -2.93. The summed E-state index contributed by atoms with van der Waals surface area (Å²) < 4.78 is 29.8. The number of hydrogen-bond donors (Lipinski definition) is 1. The van der Waals surface area contributed by atoms with Gasteiger partial charge >= 0.3 is 5.97 Å². The molecule has 0 saturated heterocycles. The topological polar surface area (TPSA) is 68.0 Å². The van der Waals surface area contributed by atoms with Gasteiger partial charge in [-0.3, -0.25) is 0 Å². The van der Waals surface area contributed by atoms with Gasteiger partial charge in [0, 0.05) is 22.4 Å². The molecular weight excluding hydrogens is 523 g/mol. The third-order valence-electron chi connectivity index (χ3n) is 4.72. The molecule has 0 fully saturated rings. The number of aromatic nitrogens is 3. The average molecular weight is 540 g/mol. The van der Waals surface area contributed by atoms with Crippen molar-refractivity contribution in [3.8, 4) is 27.5 Å². The first-order valence-corrected chi connectivity index (χ1v) is 12.4. The Hall–Kier alpha value is -2.46. The highest BCUT2D eigenvalue weighted by Crippen LogP contribution is 2.42. The Morgan fingerprint density at radius 2 is 1.76 bits per heavy atom. The minimum atomic E-state index is -1.30. The molecule has 0 amide bonds. The largest absolute Gasteiger partial charge is 0.476 e. The number of halogens is 4. The highest BCUT2D eigenvalue weighted by atomic mass is 35.5. The number of hydrogen-bond acceptors (Lipinski definition) is 5. The van der Waals surface area contributed by atoms with Crippen LogP contribution in [0.3, 0.4) is 0 Å². The second-order valence-electron chi connectivity index (χ2n) is 7.61. The van der Waals surface area contributed by atoms with Gasteiger partial charge in [-0.25, -0.2) is 18.6 Å². The molecule has 2 heterocycles. The molecule has 0 aliphatic heterocycles. The molecule has 0 bridgehead atoms. The number of nitrogens with zero attached hydrogens (tertiary/aromatic N) is 3. The van der Waals surface area contributed by atoms with Crippen LogP contribution in [-0.4, -0.2) is 31.1 Å². The second-order valence-corrected chi connectivity index (χ2v) is 11.2. The standard InChI is InChI=1S/C23H17Cl2F2N3O2S2/c1-10(2)33-22-19(12-4-5-16(24)17(25)8-12)28-23(34-22)30-20(21(31)32)18(11(3)29-30)13-6-14(26)9-15(27)7-13/h4-10H,1-3H3,(H,31,32). The maximum Gasteiger partial charge on any atom is 0.355 e. The van der Waals surface area contributed by atoms with Crippen LogP contribution >= 0.6 is 46.3 Å². The predicted molar refractivity (Wildman–Crippen MR) is 133 cm³/mol. The van der Waals surface area contributed by atoms with Crippen molar-refractivity contribution in [3.05, 3.63) is 69.5 Å². The number of thiazole rings is 1. The minimum absolute atomic E-state index is 0.0803. The molecule has 0 spiro atoms. The van der Waals surface area contributed by atoms with Gasteiger partial charge in [0.25, 0.3) is 0 Å². The van der Waals surface area contributed by atoms with Crippen molar-refractivity contribution in [2.45, 2.75) is 30.2 Å². The van der Waals surface area contributed by atoms with Crippen LogP contribution in [0.15, 0.2) is 40.6 Å². The Labute approximate surface area is 212 Å². The quantitative estimate of drug-likeness (QED) is 0.253. The summed E-state index contributed by atoms with van der Waals surface area (Å²) in [4.78, 5) is 17.0. The zero-order valence-corrected chi connectivity index (χ0v) is 21.2.